The molecule has 0 unspecified atom stereocenters. The normalized spacial score (nSPS) is 18.6. The second-order valence-corrected chi connectivity index (χ2v) is 9.14. The van der Waals surface area contributed by atoms with Gasteiger partial charge in [0.05, 0.1) is 4.90 Å². The number of hydrogen-bond acceptors (Lipinski definition) is 6. The van der Waals surface area contributed by atoms with Gasteiger partial charge in [0.1, 0.15) is 11.7 Å². The molecule has 164 valence electrons. The van der Waals surface area contributed by atoms with E-state index in [9.17, 15) is 30.4 Å². The summed E-state index contributed by atoms with van der Waals surface area (Å²) in [5.74, 6) is -3.72. The van der Waals surface area contributed by atoms with Crippen LogP contribution in [0.4, 0.5) is 33.6 Å². The van der Waals surface area contributed by atoms with E-state index in [0.29, 0.717) is 18.7 Å². The van der Waals surface area contributed by atoms with Crippen molar-refractivity contribution in [1.29, 1.82) is 0 Å². The number of piperazine rings is 1. The molecule has 1 saturated heterocycles. The van der Waals surface area contributed by atoms with Gasteiger partial charge in [0, 0.05) is 44.7 Å². The molecule has 1 aliphatic heterocycles. The molecule has 0 bridgehead atoms. The molecule has 3 rings (SSSR count). The fraction of sp³-hybridized carbons (Fsp3) is 0.444. The molecule has 0 radical (unpaired) electrons. The van der Waals surface area contributed by atoms with Crippen molar-refractivity contribution < 1.29 is 30.4 Å². The van der Waals surface area contributed by atoms with Gasteiger partial charge < -0.3 is 9.80 Å². The van der Waals surface area contributed by atoms with Gasteiger partial charge in [-0.3, -0.25) is 0 Å². The molecule has 0 saturated carbocycles. The van der Waals surface area contributed by atoms with Gasteiger partial charge in [-0.1, -0.05) is 6.07 Å². The minimum atomic E-state index is -4.73. The first-order valence-electron chi connectivity index (χ1n) is 8.86. The summed E-state index contributed by atoms with van der Waals surface area (Å²) in [6.07, 6.45) is -2.80. The summed E-state index contributed by atoms with van der Waals surface area (Å²) >= 11 is 0. The molecule has 1 atom stereocenters. The van der Waals surface area contributed by atoms with Crippen LogP contribution in [0, 0.1) is 0 Å². The minimum absolute atomic E-state index is 0.0449. The van der Waals surface area contributed by atoms with Crippen molar-refractivity contribution in [3.05, 3.63) is 42.2 Å². The molecule has 30 heavy (non-hydrogen) atoms. The Balaban J connectivity index is 1.93. The molecule has 2 heterocycles. The smallest absolute Gasteiger partial charge is 0.367 e. The zero-order valence-electron chi connectivity index (χ0n) is 16.1. The highest BCUT2D eigenvalue weighted by Crippen LogP contribution is 2.33. The van der Waals surface area contributed by atoms with Gasteiger partial charge in [-0.15, -0.1) is 0 Å². The number of hydrogen-bond donors (Lipinski definition) is 0. The van der Waals surface area contributed by atoms with E-state index in [1.165, 1.54) is 18.2 Å². The number of sulfone groups is 1. The van der Waals surface area contributed by atoms with E-state index in [4.69, 9.17) is 0 Å². The molecule has 0 aliphatic carbocycles. The summed E-state index contributed by atoms with van der Waals surface area (Å²) in [4.78, 5) is 9.88. The SMILES string of the molecule is CC(F)(F)[C@H]1CN(c2cccc(S(C)(=O)=O)c2)CCN1c1nccc(C(F)(F)F)n1. The molecule has 12 heteroatoms. The molecule has 0 N–H and O–H groups in total. The third-order valence-electron chi connectivity index (χ3n) is 4.77. The second kappa shape index (κ2) is 7.64. The fourth-order valence-corrected chi connectivity index (χ4v) is 3.91. The van der Waals surface area contributed by atoms with E-state index < -0.39 is 39.6 Å². The van der Waals surface area contributed by atoms with Gasteiger partial charge in [0.15, 0.2) is 9.84 Å². The third kappa shape index (κ3) is 4.79. The average Bonchev–Trinajstić information content (AvgIpc) is 2.66. The van der Waals surface area contributed by atoms with Gasteiger partial charge in [-0.05, 0) is 24.3 Å². The van der Waals surface area contributed by atoms with Crippen LogP contribution in [0.3, 0.4) is 0 Å². The Bertz CT molecular complexity index is 1020. The van der Waals surface area contributed by atoms with Crippen LogP contribution in [-0.2, 0) is 16.0 Å². The minimum Gasteiger partial charge on any atom is -0.367 e. The van der Waals surface area contributed by atoms with Crippen molar-refractivity contribution >= 4 is 21.5 Å². The lowest BCUT2D eigenvalue weighted by atomic mass is 10.1. The van der Waals surface area contributed by atoms with Gasteiger partial charge in [0.25, 0.3) is 5.92 Å². The van der Waals surface area contributed by atoms with Gasteiger partial charge >= 0.3 is 6.18 Å². The molecular formula is C18H19F5N4O2S. The predicted molar refractivity (Wildman–Crippen MR) is 101 cm³/mol. The number of halogens is 5. The van der Waals surface area contributed by atoms with Crippen LogP contribution < -0.4 is 9.80 Å². The number of anilines is 2. The molecule has 2 aromatic rings. The Labute approximate surface area is 170 Å². The highest BCUT2D eigenvalue weighted by Gasteiger charge is 2.44. The third-order valence-corrected chi connectivity index (χ3v) is 5.88. The maximum atomic E-state index is 14.4. The van der Waals surface area contributed by atoms with Crippen LogP contribution in [0.15, 0.2) is 41.4 Å². The van der Waals surface area contributed by atoms with E-state index in [-0.39, 0.29) is 24.5 Å². The lowest BCUT2D eigenvalue weighted by Gasteiger charge is -2.44. The monoisotopic (exact) mass is 450 g/mol. The Kier molecular flexibility index (Phi) is 5.65. The number of benzene rings is 1. The fourth-order valence-electron chi connectivity index (χ4n) is 3.25. The van der Waals surface area contributed by atoms with Crippen molar-refractivity contribution in [1.82, 2.24) is 9.97 Å². The van der Waals surface area contributed by atoms with Gasteiger partial charge in [0.2, 0.25) is 5.95 Å². The van der Waals surface area contributed by atoms with Crippen LogP contribution >= 0.6 is 0 Å². The Hall–Kier alpha value is -2.50. The lowest BCUT2D eigenvalue weighted by molar-refractivity contribution is -0.141. The Morgan fingerprint density at radius 3 is 2.40 bits per heavy atom. The van der Waals surface area contributed by atoms with Crippen molar-refractivity contribution in [2.24, 2.45) is 0 Å². The molecule has 6 nitrogen and oxygen atoms in total. The topological polar surface area (TPSA) is 66.4 Å². The number of rotatable bonds is 4. The molecule has 1 aromatic carbocycles. The summed E-state index contributed by atoms with van der Waals surface area (Å²) in [6, 6.07) is 5.05. The van der Waals surface area contributed by atoms with Crippen molar-refractivity contribution in [2.75, 3.05) is 35.7 Å². The molecular weight excluding hydrogens is 431 g/mol. The zero-order chi connectivity index (χ0) is 22.3. The second-order valence-electron chi connectivity index (χ2n) is 7.12. The van der Waals surface area contributed by atoms with Crippen LogP contribution in [0.5, 0.6) is 0 Å². The van der Waals surface area contributed by atoms with Gasteiger partial charge in [-0.2, -0.15) is 13.2 Å². The van der Waals surface area contributed by atoms with E-state index in [1.54, 1.807) is 11.0 Å². The van der Waals surface area contributed by atoms with E-state index >= 15 is 0 Å². The predicted octanol–water partition coefficient (Wildman–Crippen LogP) is 3.25. The maximum Gasteiger partial charge on any atom is 0.433 e. The lowest BCUT2D eigenvalue weighted by Crippen LogP contribution is -2.60. The largest absolute Gasteiger partial charge is 0.433 e. The number of aromatic nitrogens is 2. The molecule has 0 spiro atoms. The summed E-state index contributed by atoms with van der Waals surface area (Å²) in [6.45, 7) is 0.517. The van der Waals surface area contributed by atoms with Crippen LogP contribution in [0.1, 0.15) is 12.6 Å². The molecule has 1 fully saturated rings. The Morgan fingerprint density at radius 2 is 1.80 bits per heavy atom. The summed E-state index contributed by atoms with van der Waals surface area (Å²) in [7, 11) is -3.49. The van der Waals surface area contributed by atoms with Crippen molar-refractivity contribution in [3.63, 3.8) is 0 Å². The summed E-state index contributed by atoms with van der Waals surface area (Å²) in [5, 5.41) is 0. The first kappa shape index (κ1) is 22.2. The Morgan fingerprint density at radius 1 is 1.10 bits per heavy atom. The summed E-state index contributed by atoms with van der Waals surface area (Å²) in [5.41, 5.74) is -0.786. The zero-order valence-corrected chi connectivity index (χ0v) is 16.9. The molecule has 1 aliphatic rings. The number of alkyl halides is 5. The van der Waals surface area contributed by atoms with Crippen LogP contribution in [0.25, 0.3) is 0 Å². The van der Waals surface area contributed by atoms with E-state index in [1.807, 2.05) is 0 Å². The molecule has 0 amide bonds. The van der Waals surface area contributed by atoms with E-state index in [2.05, 4.69) is 9.97 Å². The summed E-state index contributed by atoms with van der Waals surface area (Å²) < 4.78 is 91.3. The van der Waals surface area contributed by atoms with Crippen molar-refractivity contribution in [2.45, 2.75) is 30.0 Å². The first-order valence-corrected chi connectivity index (χ1v) is 10.8. The average molecular weight is 450 g/mol. The van der Waals surface area contributed by atoms with Gasteiger partial charge in [-0.25, -0.2) is 27.2 Å². The van der Waals surface area contributed by atoms with Crippen molar-refractivity contribution in [3.8, 4) is 0 Å². The number of nitrogens with zero attached hydrogens (tertiary/aromatic N) is 4. The quantitative estimate of drug-likeness (QED) is 0.667. The first-order chi connectivity index (χ1) is 13.8. The standard InChI is InChI=1S/C18H19F5N4O2S/c1-17(19,20)15-11-26(12-4-3-5-13(10-12)30(2,28)29)8-9-27(15)16-24-7-6-14(25-16)18(21,22)23/h3-7,10,15H,8-9,11H2,1-2H3/t15-/m1/s1. The molecule has 1 aromatic heterocycles. The highest BCUT2D eigenvalue weighted by atomic mass is 32.2. The van der Waals surface area contributed by atoms with Crippen LogP contribution in [0.2, 0.25) is 0 Å². The van der Waals surface area contributed by atoms with E-state index in [0.717, 1.165) is 17.4 Å². The maximum absolute atomic E-state index is 14.4. The highest BCUT2D eigenvalue weighted by molar-refractivity contribution is 7.90. The van der Waals surface area contributed by atoms with Crippen LogP contribution in [-0.4, -0.2) is 56.2 Å².